The maximum Gasteiger partial charge on any atom is 0.306 e. The lowest BCUT2D eigenvalue weighted by Crippen LogP contribution is -2.66. The molecular weight excluding hydrogens is 943 g/mol. The number of esters is 3. The molecule has 19 heteroatoms. The number of amides is 4. The minimum Gasteiger partial charge on any atom is -0.462 e. The van der Waals surface area contributed by atoms with Crippen molar-refractivity contribution in [2.75, 3.05) is 19.8 Å². The standard InChI is InChI=1S/C54H99N5O14/c1-6-8-10-12-14-16-18-20-22-24-26-28-30-32-45(61)69-37-42(72-47(63)33-31-29-27-25-23-21-19-17-15-13-11-9-7-2)38-70-46(62)35-34-43(51(56)65)59-52(66)39(3)57-53(67)40(4)71-50-48(58-41(5)60)54(68)73-44(36-55)49(50)64/h39-40,42-44,48-50,54,64,68H,6-38,55H2,1-5H3,(H2,56,65)(H,57,67)(H,58,60)(H,59,66)/t39?,40?,42?,43?,44-,48-,49-,50-,54?/m1/s1. The highest BCUT2D eigenvalue weighted by Gasteiger charge is 2.46. The van der Waals surface area contributed by atoms with E-state index in [2.05, 4.69) is 29.8 Å². The van der Waals surface area contributed by atoms with Gasteiger partial charge in [0.15, 0.2) is 12.4 Å². The van der Waals surface area contributed by atoms with Crippen LogP contribution in [-0.4, -0.2) is 126 Å². The van der Waals surface area contributed by atoms with Crippen LogP contribution in [-0.2, 0) is 57.2 Å². The van der Waals surface area contributed by atoms with Crippen molar-refractivity contribution in [3.05, 3.63) is 0 Å². The number of unbranched alkanes of at least 4 members (excludes halogenated alkanes) is 24. The predicted molar refractivity (Wildman–Crippen MR) is 278 cm³/mol. The molecule has 0 spiro atoms. The van der Waals surface area contributed by atoms with Crippen LogP contribution in [0.2, 0.25) is 0 Å². The first-order valence-corrected chi connectivity index (χ1v) is 28.1. The molecular formula is C54H99N5O14. The molecule has 4 amide bonds. The Balaban J connectivity index is 2.68. The highest BCUT2D eigenvalue weighted by Crippen LogP contribution is 2.24. The Hall–Kier alpha value is -3.91. The first kappa shape index (κ1) is 67.1. The van der Waals surface area contributed by atoms with E-state index in [1.54, 1.807) is 0 Å². The number of carbonyl (C=O) groups excluding carboxylic acids is 7. The number of rotatable bonds is 45. The Bertz CT molecular complexity index is 1540. The van der Waals surface area contributed by atoms with Gasteiger partial charge in [0.25, 0.3) is 0 Å². The Kier molecular flexibility index (Phi) is 38.9. The minimum absolute atomic E-state index is 0.164. The number of nitrogens with two attached hydrogens (primary N) is 2. The van der Waals surface area contributed by atoms with E-state index in [1.165, 1.54) is 136 Å². The van der Waals surface area contributed by atoms with Crippen molar-refractivity contribution in [3.63, 3.8) is 0 Å². The number of ether oxygens (including phenoxy) is 5. The van der Waals surface area contributed by atoms with E-state index in [0.717, 1.165) is 38.5 Å². The molecule has 1 rings (SSSR count). The average molecular weight is 1040 g/mol. The Labute approximate surface area is 437 Å². The number of hydrogen-bond donors (Lipinski definition) is 7. The molecule has 0 bridgehead atoms. The van der Waals surface area contributed by atoms with Gasteiger partial charge in [-0.05, 0) is 33.1 Å². The first-order chi connectivity index (χ1) is 35.0. The lowest BCUT2D eigenvalue weighted by molar-refractivity contribution is -0.258. The number of aliphatic hydroxyl groups is 2. The number of carbonyl (C=O) groups is 7. The van der Waals surface area contributed by atoms with Crippen molar-refractivity contribution in [2.24, 2.45) is 11.5 Å². The van der Waals surface area contributed by atoms with Gasteiger partial charge in [0.05, 0.1) is 0 Å². The normalized spacial score (nSPS) is 19.2. The maximum absolute atomic E-state index is 13.1. The van der Waals surface area contributed by atoms with Gasteiger partial charge in [-0.15, -0.1) is 0 Å². The van der Waals surface area contributed by atoms with E-state index in [0.29, 0.717) is 12.8 Å². The van der Waals surface area contributed by atoms with Crippen LogP contribution in [0.1, 0.15) is 227 Å². The fourth-order valence-corrected chi connectivity index (χ4v) is 8.67. The van der Waals surface area contributed by atoms with E-state index in [1.807, 2.05) is 0 Å². The fourth-order valence-electron chi connectivity index (χ4n) is 8.67. The molecule has 0 aliphatic carbocycles. The zero-order valence-corrected chi connectivity index (χ0v) is 45.5. The molecule has 9 N–H and O–H groups in total. The SMILES string of the molecule is CCCCCCCCCCCCCCCC(=O)OCC(COC(=O)CCC(NC(=O)C(C)NC(=O)C(C)O[C@H]1[C@H](O)[C@@H](CN)OC(O)[C@@H]1NC(C)=O)C(N)=O)OC(=O)CCCCCCCCCCCCCCC. The second-order valence-electron chi connectivity index (χ2n) is 20.0. The molecule has 0 radical (unpaired) electrons. The molecule has 19 nitrogen and oxygen atoms in total. The summed E-state index contributed by atoms with van der Waals surface area (Å²) in [4.78, 5) is 88.9. The van der Waals surface area contributed by atoms with Crippen molar-refractivity contribution in [1.82, 2.24) is 16.0 Å². The van der Waals surface area contributed by atoms with Crippen LogP contribution < -0.4 is 27.4 Å². The van der Waals surface area contributed by atoms with E-state index in [9.17, 15) is 43.8 Å². The summed E-state index contributed by atoms with van der Waals surface area (Å²) in [6.45, 7) is 7.38. The fraction of sp³-hybridized carbons (Fsp3) is 0.870. The molecule has 0 aromatic rings. The Morgan fingerprint density at radius 2 is 1.01 bits per heavy atom. The first-order valence-electron chi connectivity index (χ1n) is 28.1. The molecule has 0 saturated carbocycles. The molecule has 0 aromatic heterocycles. The number of nitrogens with one attached hydrogen (secondary N) is 3. The largest absolute Gasteiger partial charge is 0.462 e. The van der Waals surface area contributed by atoms with Gasteiger partial charge in [0.2, 0.25) is 23.6 Å². The van der Waals surface area contributed by atoms with Crippen LogP contribution in [0.5, 0.6) is 0 Å². The second kappa shape index (κ2) is 42.3. The Morgan fingerprint density at radius 3 is 1.44 bits per heavy atom. The molecule has 1 heterocycles. The topological polar surface area (TPSA) is 294 Å². The summed E-state index contributed by atoms with van der Waals surface area (Å²) in [6, 6.07) is -3.85. The molecule has 424 valence electrons. The maximum atomic E-state index is 13.1. The summed E-state index contributed by atoms with van der Waals surface area (Å²) in [5, 5.41) is 28.5. The molecule has 73 heavy (non-hydrogen) atoms. The second-order valence-corrected chi connectivity index (χ2v) is 20.0. The van der Waals surface area contributed by atoms with Gasteiger partial charge < -0.3 is 61.3 Å². The van der Waals surface area contributed by atoms with Crippen molar-refractivity contribution in [2.45, 2.75) is 282 Å². The van der Waals surface area contributed by atoms with Crippen LogP contribution in [0.3, 0.4) is 0 Å². The summed E-state index contributed by atoms with van der Waals surface area (Å²) in [5.74, 6) is -4.89. The Morgan fingerprint density at radius 1 is 0.589 bits per heavy atom. The molecule has 1 aliphatic heterocycles. The van der Waals surface area contributed by atoms with Gasteiger partial charge in [-0.25, -0.2) is 0 Å². The highest BCUT2D eigenvalue weighted by molar-refractivity contribution is 5.92. The van der Waals surface area contributed by atoms with E-state index in [4.69, 9.17) is 35.2 Å². The van der Waals surface area contributed by atoms with Crippen LogP contribution >= 0.6 is 0 Å². The molecule has 1 aliphatic rings. The molecule has 0 aromatic carbocycles. The van der Waals surface area contributed by atoms with E-state index >= 15 is 0 Å². The summed E-state index contributed by atoms with van der Waals surface area (Å²) in [5.41, 5.74) is 11.2. The van der Waals surface area contributed by atoms with Gasteiger partial charge in [0.1, 0.15) is 55.8 Å². The summed E-state index contributed by atoms with van der Waals surface area (Å²) >= 11 is 0. The lowest BCUT2D eigenvalue weighted by atomic mass is 9.96. The van der Waals surface area contributed by atoms with Crippen LogP contribution in [0, 0.1) is 0 Å². The molecule has 9 atom stereocenters. The average Bonchev–Trinajstić information content (AvgIpc) is 3.35. The van der Waals surface area contributed by atoms with Crippen LogP contribution in [0.4, 0.5) is 0 Å². The smallest absolute Gasteiger partial charge is 0.306 e. The van der Waals surface area contributed by atoms with Crippen LogP contribution in [0.15, 0.2) is 0 Å². The predicted octanol–water partition coefficient (Wildman–Crippen LogP) is 6.52. The van der Waals surface area contributed by atoms with Gasteiger partial charge in [0, 0.05) is 32.7 Å². The van der Waals surface area contributed by atoms with Crippen molar-refractivity contribution >= 4 is 41.5 Å². The monoisotopic (exact) mass is 1040 g/mol. The van der Waals surface area contributed by atoms with Crippen molar-refractivity contribution in [1.29, 1.82) is 0 Å². The van der Waals surface area contributed by atoms with Gasteiger partial charge in [-0.2, -0.15) is 0 Å². The van der Waals surface area contributed by atoms with Gasteiger partial charge >= 0.3 is 17.9 Å². The quantitative estimate of drug-likeness (QED) is 0.0194. The third kappa shape index (κ3) is 32.9. The number of primary amides is 1. The summed E-state index contributed by atoms with van der Waals surface area (Å²) < 4.78 is 27.6. The third-order valence-electron chi connectivity index (χ3n) is 13.2. The van der Waals surface area contributed by atoms with Gasteiger partial charge in [-0.3, -0.25) is 33.6 Å². The zero-order chi connectivity index (χ0) is 54.2. The number of aliphatic hydroxyl groups excluding tert-OH is 2. The summed E-state index contributed by atoms with van der Waals surface area (Å²) in [7, 11) is 0. The molecule has 1 saturated heterocycles. The number of hydrogen-bond acceptors (Lipinski definition) is 15. The highest BCUT2D eigenvalue weighted by atomic mass is 16.6. The zero-order valence-electron chi connectivity index (χ0n) is 45.5. The van der Waals surface area contributed by atoms with E-state index in [-0.39, 0.29) is 38.8 Å². The van der Waals surface area contributed by atoms with Crippen molar-refractivity contribution < 1.29 is 67.5 Å². The van der Waals surface area contributed by atoms with Crippen LogP contribution in [0.25, 0.3) is 0 Å². The van der Waals surface area contributed by atoms with Gasteiger partial charge in [-0.1, -0.05) is 168 Å². The summed E-state index contributed by atoms with van der Waals surface area (Å²) in [6.07, 6.45) is 22.3. The molecule has 1 fully saturated rings. The third-order valence-corrected chi connectivity index (χ3v) is 13.2. The minimum atomic E-state index is -1.61. The van der Waals surface area contributed by atoms with E-state index < -0.39 is 103 Å². The molecule has 5 unspecified atom stereocenters. The van der Waals surface area contributed by atoms with Crippen molar-refractivity contribution in [3.8, 4) is 0 Å². The lowest BCUT2D eigenvalue weighted by Gasteiger charge is -2.43.